The number of rotatable bonds is 4. The van der Waals surface area contributed by atoms with E-state index in [1.807, 2.05) is 40.1 Å². The first-order valence-electron chi connectivity index (χ1n) is 7.31. The average molecular weight is 305 g/mol. The minimum atomic E-state index is 0.324. The summed E-state index contributed by atoms with van der Waals surface area (Å²) < 4.78 is 5.97. The van der Waals surface area contributed by atoms with E-state index in [0.717, 1.165) is 23.4 Å². The van der Waals surface area contributed by atoms with Gasteiger partial charge in [0.1, 0.15) is 23.6 Å². The van der Waals surface area contributed by atoms with Gasteiger partial charge in [-0.05, 0) is 62.8 Å². The number of nitrogens with zero attached hydrogens (tertiary/aromatic N) is 3. The van der Waals surface area contributed by atoms with Crippen LogP contribution in [0.3, 0.4) is 0 Å². The van der Waals surface area contributed by atoms with Crippen molar-refractivity contribution in [3.8, 4) is 23.6 Å². The molecule has 2 aromatic carbocycles. The Balaban J connectivity index is 2.34. The van der Waals surface area contributed by atoms with Crippen molar-refractivity contribution < 1.29 is 4.74 Å². The van der Waals surface area contributed by atoms with Crippen LogP contribution in [0.25, 0.3) is 0 Å². The van der Waals surface area contributed by atoms with Gasteiger partial charge >= 0.3 is 0 Å². The maximum absolute atomic E-state index is 9.11. The van der Waals surface area contributed by atoms with E-state index >= 15 is 0 Å². The van der Waals surface area contributed by atoms with Gasteiger partial charge in [0.15, 0.2) is 0 Å². The molecule has 4 heteroatoms. The van der Waals surface area contributed by atoms with Crippen molar-refractivity contribution in [2.75, 3.05) is 14.1 Å². The lowest BCUT2D eigenvalue weighted by molar-refractivity contribution is 0.401. The lowest BCUT2D eigenvalue weighted by atomic mass is 10.0. The van der Waals surface area contributed by atoms with Gasteiger partial charge in [-0.2, -0.15) is 10.5 Å². The summed E-state index contributed by atoms with van der Waals surface area (Å²) in [5.74, 6) is 1.35. The highest BCUT2D eigenvalue weighted by molar-refractivity contribution is 5.51. The minimum absolute atomic E-state index is 0.324. The number of hydrogen-bond acceptors (Lipinski definition) is 4. The van der Waals surface area contributed by atoms with Crippen molar-refractivity contribution in [2.45, 2.75) is 20.4 Å². The van der Waals surface area contributed by atoms with E-state index in [9.17, 15) is 0 Å². The van der Waals surface area contributed by atoms with Gasteiger partial charge in [-0.1, -0.05) is 12.1 Å². The van der Waals surface area contributed by atoms with E-state index in [0.29, 0.717) is 16.9 Å². The summed E-state index contributed by atoms with van der Waals surface area (Å²) in [5, 5.41) is 18.1. The molecule has 2 rings (SSSR count). The van der Waals surface area contributed by atoms with Gasteiger partial charge < -0.3 is 9.64 Å². The predicted molar refractivity (Wildman–Crippen MR) is 89.3 cm³/mol. The maximum Gasteiger partial charge on any atom is 0.133 e. The normalized spacial score (nSPS) is 10.2. The molecule has 0 aliphatic heterocycles. The molecule has 0 unspecified atom stereocenters. The lowest BCUT2D eigenvalue weighted by Gasteiger charge is -2.16. The lowest BCUT2D eigenvalue weighted by Crippen LogP contribution is -2.11. The molecule has 0 spiro atoms. The molecule has 23 heavy (non-hydrogen) atoms. The fourth-order valence-corrected chi connectivity index (χ4v) is 2.55. The summed E-state index contributed by atoms with van der Waals surface area (Å²) in [7, 11) is 4.07. The monoisotopic (exact) mass is 305 g/mol. The van der Waals surface area contributed by atoms with E-state index in [-0.39, 0.29) is 0 Å². The van der Waals surface area contributed by atoms with Gasteiger partial charge in [-0.3, -0.25) is 0 Å². The first-order valence-corrected chi connectivity index (χ1v) is 7.31. The molecule has 0 fully saturated rings. The quantitative estimate of drug-likeness (QED) is 0.859. The molecule has 4 nitrogen and oxygen atoms in total. The van der Waals surface area contributed by atoms with E-state index in [1.54, 1.807) is 18.2 Å². The molecule has 0 aliphatic rings. The molecule has 0 saturated carbocycles. The summed E-state index contributed by atoms with van der Waals surface area (Å²) in [6, 6.07) is 13.2. The van der Waals surface area contributed by atoms with E-state index < -0.39 is 0 Å². The average Bonchev–Trinajstić information content (AvgIpc) is 2.50. The second-order valence-electron chi connectivity index (χ2n) is 5.83. The topological polar surface area (TPSA) is 60.0 Å². The van der Waals surface area contributed by atoms with Crippen LogP contribution >= 0.6 is 0 Å². The fourth-order valence-electron chi connectivity index (χ4n) is 2.55. The zero-order valence-corrected chi connectivity index (χ0v) is 13.8. The second kappa shape index (κ2) is 6.96. The Morgan fingerprint density at radius 3 is 2.09 bits per heavy atom. The summed E-state index contributed by atoms with van der Waals surface area (Å²) in [5.41, 5.74) is 4.00. The molecule has 0 N–H and O–H groups in total. The molecule has 0 atom stereocenters. The van der Waals surface area contributed by atoms with Crippen molar-refractivity contribution in [1.29, 1.82) is 10.5 Å². The Morgan fingerprint density at radius 2 is 1.57 bits per heavy atom. The first kappa shape index (κ1) is 16.5. The van der Waals surface area contributed by atoms with Gasteiger partial charge in [-0.25, -0.2) is 0 Å². The predicted octanol–water partition coefficient (Wildman–Crippen LogP) is 3.90. The third-order valence-corrected chi connectivity index (χ3v) is 3.47. The molecule has 0 amide bonds. The van der Waals surface area contributed by atoms with Gasteiger partial charge in [-0.15, -0.1) is 0 Å². The van der Waals surface area contributed by atoms with E-state index in [1.165, 1.54) is 5.56 Å². The van der Waals surface area contributed by atoms with Crippen LogP contribution < -0.4 is 4.74 Å². The molecular formula is C19H19N3O. The molecule has 2 aromatic rings. The number of aryl methyl sites for hydroxylation is 2. The van der Waals surface area contributed by atoms with Crippen molar-refractivity contribution in [3.05, 3.63) is 58.1 Å². The van der Waals surface area contributed by atoms with Crippen molar-refractivity contribution in [1.82, 2.24) is 4.90 Å². The molecular weight excluding hydrogens is 286 g/mol. The fraction of sp³-hybridized carbons (Fsp3) is 0.263. The Labute approximate surface area is 137 Å². The number of benzene rings is 2. The molecule has 0 radical (unpaired) electrons. The highest BCUT2D eigenvalue weighted by atomic mass is 16.5. The van der Waals surface area contributed by atoms with Crippen molar-refractivity contribution >= 4 is 0 Å². The Kier molecular flexibility index (Phi) is 5.01. The number of ether oxygens (including phenoxy) is 1. The highest BCUT2D eigenvalue weighted by Crippen LogP contribution is 2.31. The highest BCUT2D eigenvalue weighted by Gasteiger charge is 2.10. The number of nitriles is 2. The molecule has 0 bridgehead atoms. The van der Waals surface area contributed by atoms with Crippen LogP contribution in [-0.2, 0) is 6.54 Å². The van der Waals surface area contributed by atoms with Crippen LogP contribution in [0.5, 0.6) is 11.5 Å². The Bertz CT molecular complexity index is 787. The largest absolute Gasteiger partial charge is 0.457 e. The summed E-state index contributed by atoms with van der Waals surface area (Å²) in [6.07, 6.45) is 0. The van der Waals surface area contributed by atoms with E-state index in [4.69, 9.17) is 15.3 Å². The van der Waals surface area contributed by atoms with Gasteiger partial charge in [0, 0.05) is 6.54 Å². The molecule has 0 aliphatic carbocycles. The van der Waals surface area contributed by atoms with E-state index in [2.05, 4.69) is 17.0 Å². The summed E-state index contributed by atoms with van der Waals surface area (Å²) in [6.45, 7) is 4.89. The van der Waals surface area contributed by atoms with Crippen LogP contribution in [0.2, 0.25) is 0 Å². The smallest absolute Gasteiger partial charge is 0.133 e. The van der Waals surface area contributed by atoms with Crippen LogP contribution in [0.1, 0.15) is 27.8 Å². The third-order valence-electron chi connectivity index (χ3n) is 3.47. The van der Waals surface area contributed by atoms with Gasteiger partial charge in [0.2, 0.25) is 0 Å². The maximum atomic E-state index is 9.11. The first-order chi connectivity index (χ1) is 10.9. The standard InChI is InChI=1S/C19H19N3O/c1-13-7-15(12-22(3)4)8-14(2)19(13)23-18-6-5-16(10-20)17(9-18)11-21/h5-9H,12H2,1-4H3. The number of hydrogen-bond donors (Lipinski definition) is 0. The molecule has 0 heterocycles. The molecule has 116 valence electrons. The molecule has 0 aromatic heterocycles. The van der Waals surface area contributed by atoms with Gasteiger partial charge in [0.25, 0.3) is 0 Å². The van der Waals surface area contributed by atoms with Crippen molar-refractivity contribution in [3.63, 3.8) is 0 Å². The Morgan fingerprint density at radius 1 is 0.957 bits per heavy atom. The third kappa shape index (κ3) is 3.88. The van der Waals surface area contributed by atoms with Crippen LogP contribution in [0.4, 0.5) is 0 Å². The zero-order valence-electron chi connectivity index (χ0n) is 13.8. The van der Waals surface area contributed by atoms with Crippen LogP contribution in [-0.4, -0.2) is 19.0 Å². The minimum Gasteiger partial charge on any atom is -0.457 e. The molecule has 0 saturated heterocycles. The summed E-state index contributed by atoms with van der Waals surface area (Å²) in [4.78, 5) is 2.12. The van der Waals surface area contributed by atoms with Crippen LogP contribution in [0.15, 0.2) is 30.3 Å². The Hall–Kier alpha value is -2.82. The van der Waals surface area contributed by atoms with Crippen LogP contribution in [0, 0.1) is 36.5 Å². The van der Waals surface area contributed by atoms with Crippen molar-refractivity contribution in [2.24, 2.45) is 0 Å². The van der Waals surface area contributed by atoms with Gasteiger partial charge in [0.05, 0.1) is 11.1 Å². The summed E-state index contributed by atoms with van der Waals surface area (Å²) >= 11 is 0. The zero-order chi connectivity index (χ0) is 17.0. The SMILES string of the molecule is Cc1cc(CN(C)C)cc(C)c1Oc1ccc(C#N)c(C#N)c1. The second-order valence-corrected chi connectivity index (χ2v) is 5.83.